The van der Waals surface area contributed by atoms with Gasteiger partial charge < -0.3 is 5.32 Å². The van der Waals surface area contributed by atoms with Gasteiger partial charge in [-0.3, -0.25) is 48.7 Å². The summed E-state index contributed by atoms with van der Waals surface area (Å²) in [6, 6.07) is 8.50. The number of nitrogens with zero attached hydrogens (tertiary/aromatic N) is 2. The first-order chi connectivity index (χ1) is 19.0. The number of carbonyl (C=O) groups is 7. The fourth-order valence-electron chi connectivity index (χ4n) is 5.35. The molecule has 2 fully saturated rings. The first-order valence-electron chi connectivity index (χ1n) is 12.8. The van der Waals surface area contributed by atoms with Crippen LogP contribution in [0, 0.1) is 13.8 Å². The molecule has 4 heterocycles. The normalized spacial score (nSPS) is 22.1. The molecular formula is C29H26N4O7. The van der Waals surface area contributed by atoms with Crippen molar-refractivity contribution in [1.82, 2.24) is 20.4 Å². The Balaban J connectivity index is 0.000000161. The Kier molecular flexibility index (Phi) is 6.66. The molecule has 2 N–H and O–H groups in total. The number of rotatable bonds is 2. The second-order valence-electron chi connectivity index (χ2n) is 10.1. The first kappa shape index (κ1) is 26.7. The van der Waals surface area contributed by atoms with E-state index in [1.165, 1.54) is 0 Å². The van der Waals surface area contributed by atoms with Crippen LogP contribution in [0.1, 0.15) is 78.2 Å². The zero-order valence-electron chi connectivity index (χ0n) is 21.9. The summed E-state index contributed by atoms with van der Waals surface area (Å²) in [6.07, 6.45) is 1.30. The summed E-state index contributed by atoms with van der Waals surface area (Å²) in [5.41, 5.74) is 3.66. The largest absolute Gasteiger partial charge is 0.329 e. The first-order valence-corrected chi connectivity index (χ1v) is 12.8. The lowest BCUT2D eigenvalue weighted by Gasteiger charge is -2.29. The smallest absolute Gasteiger partial charge is 0.262 e. The molecule has 204 valence electrons. The number of benzene rings is 2. The van der Waals surface area contributed by atoms with E-state index in [1.54, 1.807) is 43.3 Å². The third-order valence-corrected chi connectivity index (χ3v) is 7.38. The van der Waals surface area contributed by atoms with Gasteiger partial charge in [0.1, 0.15) is 12.1 Å². The number of carbonyl (C=O) groups excluding carboxylic acids is 7. The predicted molar refractivity (Wildman–Crippen MR) is 140 cm³/mol. The molecular weight excluding hydrogens is 516 g/mol. The Bertz CT molecular complexity index is 1550. The summed E-state index contributed by atoms with van der Waals surface area (Å²) in [5.74, 6) is -3.01. The van der Waals surface area contributed by atoms with E-state index in [0.717, 1.165) is 15.4 Å². The van der Waals surface area contributed by atoms with Crippen LogP contribution in [0.3, 0.4) is 0 Å². The quantitative estimate of drug-likeness (QED) is 0.549. The fourth-order valence-corrected chi connectivity index (χ4v) is 5.35. The molecule has 2 aromatic carbocycles. The van der Waals surface area contributed by atoms with Crippen LogP contribution >= 0.6 is 0 Å². The summed E-state index contributed by atoms with van der Waals surface area (Å²) in [7, 11) is 0. The van der Waals surface area contributed by atoms with Crippen molar-refractivity contribution in [2.75, 3.05) is 0 Å². The van der Waals surface area contributed by atoms with Crippen molar-refractivity contribution in [1.29, 1.82) is 0 Å². The van der Waals surface area contributed by atoms with Crippen LogP contribution in [0.25, 0.3) is 0 Å². The highest BCUT2D eigenvalue weighted by molar-refractivity contribution is 6.24. The Morgan fingerprint density at radius 3 is 1.95 bits per heavy atom. The van der Waals surface area contributed by atoms with Gasteiger partial charge in [-0.2, -0.15) is 0 Å². The van der Waals surface area contributed by atoms with Crippen LogP contribution in [-0.4, -0.2) is 63.2 Å². The van der Waals surface area contributed by atoms with Crippen molar-refractivity contribution in [2.24, 2.45) is 0 Å². The van der Waals surface area contributed by atoms with Crippen molar-refractivity contribution in [2.45, 2.75) is 51.6 Å². The molecule has 0 radical (unpaired) electrons. The van der Waals surface area contributed by atoms with Gasteiger partial charge in [-0.25, -0.2) is 0 Å². The maximum atomic E-state index is 12.4. The Hall–Kier alpha value is -4.93. The van der Waals surface area contributed by atoms with Crippen molar-refractivity contribution < 1.29 is 33.6 Å². The van der Waals surface area contributed by atoms with Gasteiger partial charge in [-0.15, -0.1) is 0 Å². The number of hydrogen-bond acceptors (Lipinski definition) is 7. The molecule has 0 bridgehead atoms. The van der Waals surface area contributed by atoms with E-state index in [1.807, 2.05) is 6.92 Å². The highest BCUT2D eigenvalue weighted by Crippen LogP contribution is 2.30. The van der Waals surface area contributed by atoms with Crippen molar-refractivity contribution >= 4 is 41.4 Å². The van der Waals surface area contributed by atoms with Crippen LogP contribution in [0.4, 0.5) is 0 Å². The number of piperidine rings is 2. The van der Waals surface area contributed by atoms with E-state index in [0.29, 0.717) is 46.4 Å². The van der Waals surface area contributed by atoms with Gasteiger partial charge in [0.05, 0.1) is 22.3 Å². The van der Waals surface area contributed by atoms with Gasteiger partial charge in [0.25, 0.3) is 23.6 Å². The summed E-state index contributed by atoms with van der Waals surface area (Å²) in [4.78, 5) is 86.5. The molecule has 0 aliphatic carbocycles. The predicted octanol–water partition coefficient (Wildman–Crippen LogP) is 1.78. The minimum atomic E-state index is -0.903. The Morgan fingerprint density at radius 1 is 0.700 bits per heavy atom. The highest BCUT2D eigenvalue weighted by atomic mass is 16.2. The third kappa shape index (κ3) is 4.39. The molecule has 7 amide bonds. The molecule has 0 saturated carbocycles. The topological polar surface area (TPSA) is 150 Å². The summed E-state index contributed by atoms with van der Waals surface area (Å²) < 4.78 is 0. The average Bonchev–Trinajstić information content (AvgIpc) is 3.29. The van der Waals surface area contributed by atoms with Gasteiger partial charge in [0, 0.05) is 12.1 Å². The minimum absolute atomic E-state index is 0.128. The van der Waals surface area contributed by atoms with Crippen molar-refractivity contribution in [3.63, 3.8) is 0 Å². The van der Waals surface area contributed by atoms with Gasteiger partial charge in [0.2, 0.25) is 17.7 Å². The van der Waals surface area contributed by atoms with E-state index in [4.69, 9.17) is 0 Å². The maximum Gasteiger partial charge on any atom is 0.262 e. The lowest BCUT2D eigenvalue weighted by atomic mass is 10.0. The standard InChI is InChI=1S/C15H14N2O3.C14H12N2O4/c1-8-3-5-10-11(7-8)15(20)17(14(10)19)12-6-4-9(2)16-13(12)18;1-7-3-2-4-8-11(7)14(20)16(13(8)19)9-5-6-10(17)15-12(9)18/h3,5,7,12H,2,4,6H2,1H3,(H,16,18);2-4,9H,5-6H2,1H3,(H,15,17,18). The molecule has 4 aliphatic heterocycles. The molecule has 11 nitrogen and oxygen atoms in total. The van der Waals surface area contributed by atoms with E-state index >= 15 is 0 Å². The number of amides is 7. The molecule has 40 heavy (non-hydrogen) atoms. The summed E-state index contributed by atoms with van der Waals surface area (Å²) >= 11 is 0. The van der Waals surface area contributed by atoms with Crippen molar-refractivity contribution in [3.8, 4) is 0 Å². The highest BCUT2D eigenvalue weighted by Gasteiger charge is 2.45. The molecule has 11 heteroatoms. The number of allylic oxidation sites excluding steroid dienone is 1. The number of fused-ring (bicyclic) bond motifs is 2. The SMILES string of the molecule is C=C1CCC(N2C(=O)c3ccc(C)cc3C2=O)C(=O)N1.Cc1cccc2c1C(=O)N(C1CCC(=O)NC1=O)C2=O. The molecule has 6 rings (SSSR count). The molecule has 0 aromatic heterocycles. The van der Waals surface area contributed by atoms with Crippen LogP contribution in [0.15, 0.2) is 48.7 Å². The number of imide groups is 3. The number of hydrogen-bond donors (Lipinski definition) is 2. The molecule has 2 atom stereocenters. The Morgan fingerprint density at radius 2 is 1.30 bits per heavy atom. The van der Waals surface area contributed by atoms with Gasteiger partial charge in [-0.1, -0.05) is 30.3 Å². The van der Waals surface area contributed by atoms with E-state index in [2.05, 4.69) is 17.2 Å². The van der Waals surface area contributed by atoms with E-state index in [-0.39, 0.29) is 30.6 Å². The number of aryl methyl sites for hydroxylation is 2. The van der Waals surface area contributed by atoms with Crippen molar-refractivity contribution in [3.05, 3.63) is 82.1 Å². The summed E-state index contributed by atoms with van der Waals surface area (Å²) in [6.45, 7) is 7.30. The molecule has 0 spiro atoms. The van der Waals surface area contributed by atoms with Gasteiger partial charge in [0.15, 0.2) is 0 Å². The second kappa shape index (κ2) is 9.99. The van der Waals surface area contributed by atoms with Crippen LogP contribution < -0.4 is 10.6 Å². The van der Waals surface area contributed by atoms with Gasteiger partial charge >= 0.3 is 0 Å². The number of nitrogens with one attached hydrogen (secondary N) is 2. The average molecular weight is 543 g/mol. The lowest BCUT2D eigenvalue weighted by molar-refractivity contribution is -0.136. The summed E-state index contributed by atoms with van der Waals surface area (Å²) in [5, 5.41) is 4.77. The molecule has 2 unspecified atom stereocenters. The molecule has 2 aromatic rings. The van der Waals surface area contributed by atoms with Crippen LogP contribution in [-0.2, 0) is 14.4 Å². The minimum Gasteiger partial charge on any atom is -0.329 e. The molecule has 2 saturated heterocycles. The monoisotopic (exact) mass is 542 g/mol. The Labute approximate surface area is 229 Å². The maximum absolute atomic E-state index is 12.4. The zero-order chi connectivity index (χ0) is 28.9. The molecule has 4 aliphatic rings. The van der Waals surface area contributed by atoms with Crippen LogP contribution in [0.2, 0.25) is 0 Å². The van der Waals surface area contributed by atoms with E-state index < -0.39 is 35.7 Å². The zero-order valence-corrected chi connectivity index (χ0v) is 21.9. The second-order valence-corrected chi connectivity index (χ2v) is 10.1. The fraction of sp³-hybridized carbons (Fsp3) is 0.276. The van der Waals surface area contributed by atoms with E-state index in [9.17, 15) is 33.6 Å². The van der Waals surface area contributed by atoms with Crippen LogP contribution in [0.5, 0.6) is 0 Å². The third-order valence-electron chi connectivity index (χ3n) is 7.38. The lowest BCUT2D eigenvalue weighted by Crippen LogP contribution is -2.54. The van der Waals surface area contributed by atoms with Gasteiger partial charge in [-0.05, 0) is 56.9 Å².